The zero-order valence-electron chi connectivity index (χ0n) is 15.6. The third-order valence-electron chi connectivity index (χ3n) is 4.16. The molecule has 0 fully saturated rings. The van der Waals surface area contributed by atoms with Crippen LogP contribution in [0, 0.1) is 6.92 Å². The number of esters is 1. The molecule has 7 nitrogen and oxygen atoms in total. The van der Waals surface area contributed by atoms with Gasteiger partial charge in [-0.15, -0.1) is 11.3 Å². The van der Waals surface area contributed by atoms with Crippen LogP contribution < -0.4 is 15.6 Å². The predicted octanol–water partition coefficient (Wildman–Crippen LogP) is 3.65. The highest BCUT2D eigenvalue weighted by Gasteiger charge is 2.21. The lowest BCUT2D eigenvalue weighted by Crippen LogP contribution is -2.17. The van der Waals surface area contributed by atoms with Crippen molar-refractivity contribution in [1.29, 1.82) is 0 Å². The smallest absolute Gasteiger partial charge is 0.348 e. The van der Waals surface area contributed by atoms with Crippen LogP contribution in [0.2, 0.25) is 0 Å². The van der Waals surface area contributed by atoms with E-state index in [1.807, 2.05) is 31.2 Å². The molecule has 8 heteroatoms. The Kier molecular flexibility index (Phi) is 5.46. The van der Waals surface area contributed by atoms with Gasteiger partial charge in [-0.05, 0) is 50.6 Å². The summed E-state index contributed by atoms with van der Waals surface area (Å²) in [6.07, 6.45) is 0. The van der Waals surface area contributed by atoms with E-state index in [-0.39, 0.29) is 18.2 Å². The lowest BCUT2D eigenvalue weighted by molar-refractivity contribution is 0.0531. The van der Waals surface area contributed by atoms with Crippen molar-refractivity contribution < 1.29 is 14.3 Å². The Bertz CT molecular complexity index is 1020. The van der Waals surface area contributed by atoms with Crippen molar-refractivity contribution in [3.05, 3.63) is 50.9 Å². The van der Waals surface area contributed by atoms with Crippen LogP contribution in [0.4, 0.5) is 5.69 Å². The highest BCUT2D eigenvalue weighted by molar-refractivity contribution is 7.20. The minimum atomic E-state index is -0.427. The predicted molar refractivity (Wildman–Crippen MR) is 106 cm³/mol. The van der Waals surface area contributed by atoms with Gasteiger partial charge in [-0.3, -0.25) is 4.79 Å². The van der Waals surface area contributed by atoms with E-state index < -0.39 is 5.97 Å². The Morgan fingerprint density at radius 1 is 1.33 bits per heavy atom. The van der Waals surface area contributed by atoms with Gasteiger partial charge in [0.1, 0.15) is 21.3 Å². The van der Waals surface area contributed by atoms with Crippen molar-refractivity contribution in [2.75, 3.05) is 19.0 Å². The standard InChI is InChI=1S/C19H21N3O4S/c1-5-26-19(24)15-10(2)14-17(23)21-16(22-18(14)27-15)11(3)20-12-6-8-13(25-4)9-7-12/h6-9,11,20H,5H2,1-4H3,(H,21,22,23)/t11-/m0/s1. The van der Waals surface area contributed by atoms with E-state index in [0.717, 1.165) is 11.4 Å². The number of fused-ring (bicyclic) bond motifs is 1. The molecule has 3 rings (SSSR count). The van der Waals surface area contributed by atoms with Crippen molar-refractivity contribution in [2.24, 2.45) is 0 Å². The molecular weight excluding hydrogens is 366 g/mol. The SMILES string of the molecule is CCOC(=O)c1sc2nc([C@H](C)Nc3ccc(OC)cc3)[nH]c(=O)c2c1C. The van der Waals surface area contributed by atoms with Crippen molar-refractivity contribution in [1.82, 2.24) is 9.97 Å². The van der Waals surface area contributed by atoms with Gasteiger partial charge >= 0.3 is 5.97 Å². The Labute approximate surface area is 160 Å². The molecule has 142 valence electrons. The largest absolute Gasteiger partial charge is 0.497 e. The summed E-state index contributed by atoms with van der Waals surface area (Å²) >= 11 is 1.18. The third-order valence-corrected chi connectivity index (χ3v) is 5.33. The molecule has 0 saturated carbocycles. The number of ether oxygens (including phenoxy) is 2. The van der Waals surface area contributed by atoms with Crippen molar-refractivity contribution in [3.63, 3.8) is 0 Å². The van der Waals surface area contributed by atoms with Gasteiger partial charge in [0.15, 0.2) is 0 Å². The highest BCUT2D eigenvalue weighted by atomic mass is 32.1. The van der Waals surface area contributed by atoms with E-state index in [1.54, 1.807) is 21.0 Å². The molecule has 0 aliphatic heterocycles. The molecule has 27 heavy (non-hydrogen) atoms. The summed E-state index contributed by atoms with van der Waals surface area (Å²) < 4.78 is 10.2. The molecule has 3 aromatic rings. The number of carbonyl (C=O) groups is 1. The first kappa shape index (κ1) is 18.9. The summed E-state index contributed by atoms with van der Waals surface area (Å²) in [5.74, 6) is 0.838. The lowest BCUT2D eigenvalue weighted by atomic mass is 10.2. The van der Waals surface area contributed by atoms with Crippen molar-refractivity contribution in [2.45, 2.75) is 26.8 Å². The number of hydrogen-bond donors (Lipinski definition) is 2. The zero-order valence-corrected chi connectivity index (χ0v) is 16.4. The maximum atomic E-state index is 12.6. The normalized spacial score (nSPS) is 12.0. The Balaban J connectivity index is 1.92. The highest BCUT2D eigenvalue weighted by Crippen LogP contribution is 2.28. The minimum absolute atomic E-state index is 0.232. The summed E-state index contributed by atoms with van der Waals surface area (Å²) in [7, 11) is 1.61. The second-order valence-electron chi connectivity index (χ2n) is 6.00. The average molecular weight is 387 g/mol. The van der Waals surface area contributed by atoms with Crippen LogP contribution in [0.3, 0.4) is 0 Å². The van der Waals surface area contributed by atoms with E-state index in [1.165, 1.54) is 11.3 Å². The summed E-state index contributed by atoms with van der Waals surface area (Å²) in [5.41, 5.74) is 1.22. The number of rotatable bonds is 6. The molecule has 2 aromatic heterocycles. The van der Waals surface area contributed by atoms with Crippen LogP contribution >= 0.6 is 11.3 Å². The Morgan fingerprint density at radius 3 is 2.67 bits per heavy atom. The average Bonchev–Trinajstić information content (AvgIpc) is 2.99. The first-order chi connectivity index (χ1) is 12.9. The van der Waals surface area contributed by atoms with Crippen LogP contribution in [0.15, 0.2) is 29.1 Å². The molecule has 2 heterocycles. The molecule has 0 spiro atoms. The molecule has 0 amide bonds. The molecular formula is C19H21N3O4S. The van der Waals surface area contributed by atoms with Crippen LogP contribution in [0.25, 0.3) is 10.2 Å². The second kappa shape index (κ2) is 7.79. The number of H-pyrrole nitrogens is 1. The molecule has 0 unspecified atom stereocenters. The number of aromatic amines is 1. The number of nitrogens with one attached hydrogen (secondary N) is 2. The zero-order chi connectivity index (χ0) is 19.6. The lowest BCUT2D eigenvalue weighted by Gasteiger charge is -2.14. The van der Waals surface area contributed by atoms with Gasteiger partial charge in [0.25, 0.3) is 5.56 Å². The number of nitrogens with zero attached hydrogens (tertiary/aromatic N) is 1. The third kappa shape index (κ3) is 3.80. The van der Waals surface area contributed by atoms with E-state index >= 15 is 0 Å². The minimum Gasteiger partial charge on any atom is -0.497 e. The summed E-state index contributed by atoms with van der Waals surface area (Å²) in [6.45, 7) is 5.67. The van der Waals surface area contributed by atoms with Crippen LogP contribution in [0.1, 0.15) is 40.9 Å². The second-order valence-corrected chi connectivity index (χ2v) is 7.00. The summed E-state index contributed by atoms with van der Waals surface area (Å²) in [6, 6.07) is 7.25. The molecule has 1 atom stereocenters. The first-order valence-electron chi connectivity index (χ1n) is 8.55. The van der Waals surface area contributed by atoms with Crippen molar-refractivity contribution in [3.8, 4) is 5.75 Å². The fraction of sp³-hybridized carbons (Fsp3) is 0.316. The number of anilines is 1. The van der Waals surface area contributed by atoms with E-state index in [4.69, 9.17) is 9.47 Å². The number of aryl methyl sites for hydroxylation is 1. The van der Waals surface area contributed by atoms with Gasteiger partial charge in [0, 0.05) is 5.69 Å². The van der Waals surface area contributed by atoms with Crippen molar-refractivity contribution >= 4 is 33.2 Å². The number of methoxy groups -OCH3 is 1. The van der Waals surface area contributed by atoms with Crippen LogP contribution in [-0.2, 0) is 4.74 Å². The quantitative estimate of drug-likeness (QED) is 0.627. The first-order valence-corrected chi connectivity index (χ1v) is 9.37. The molecule has 0 saturated heterocycles. The Morgan fingerprint density at radius 2 is 2.04 bits per heavy atom. The molecule has 0 bridgehead atoms. The monoisotopic (exact) mass is 387 g/mol. The fourth-order valence-corrected chi connectivity index (χ4v) is 3.85. The van der Waals surface area contributed by atoms with Crippen LogP contribution in [0.5, 0.6) is 5.75 Å². The van der Waals surface area contributed by atoms with Gasteiger partial charge < -0.3 is 19.8 Å². The fourth-order valence-electron chi connectivity index (χ4n) is 2.76. The molecule has 1 aromatic carbocycles. The maximum Gasteiger partial charge on any atom is 0.348 e. The van der Waals surface area contributed by atoms with Gasteiger partial charge in [-0.25, -0.2) is 9.78 Å². The van der Waals surface area contributed by atoms with E-state index in [9.17, 15) is 9.59 Å². The maximum absolute atomic E-state index is 12.6. The Hall–Kier alpha value is -2.87. The summed E-state index contributed by atoms with van der Waals surface area (Å²) in [5, 5.41) is 3.72. The van der Waals surface area contributed by atoms with Gasteiger partial charge in [0.05, 0.1) is 25.1 Å². The van der Waals surface area contributed by atoms with Gasteiger partial charge in [-0.2, -0.15) is 0 Å². The molecule has 0 aliphatic rings. The molecule has 2 N–H and O–H groups in total. The number of benzene rings is 1. The van der Waals surface area contributed by atoms with E-state index in [2.05, 4.69) is 15.3 Å². The topological polar surface area (TPSA) is 93.3 Å². The summed E-state index contributed by atoms with van der Waals surface area (Å²) in [4.78, 5) is 33.0. The van der Waals surface area contributed by atoms with Gasteiger partial charge in [0.2, 0.25) is 0 Å². The van der Waals surface area contributed by atoms with Crippen LogP contribution in [-0.4, -0.2) is 29.7 Å². The number of carbonyl (C=O) groups excluding carboxylic acids is 1. The number of hydrogen-bond acceptors (Lipinski definition) is 7. The molecule has 0 radical (unpaired) electrons. The van der Waals surface area contributed by atoms with E-state index in [0.29, 0.717) is 26.5 Å². The van der Waals surface area contributed by atoms with Gasteiger partial charge in [-0.1, -0.05) is 0 Å². The molecule has 0 aliphatic carbocycles. The number of aromatic nitrogens is 2. The number of thiophene rings is 1.